The zero-order valence-corrected chi connectivity index (χ0v) is 19.1. The van der Waals surface area contributed by atoms with E-state index in [1.54, 1.807) is 11.3 Å². The highest BCUT2D eigenvalue weighted by Gasteiger charge is 2.09. The third-order valence-corrected chi connectivity index (χ3v) is 6.64. The molecule has 0 amide bonds. The van der Waals surface area contributed by atoms with Crippen molar-refractivity contribution < 1.29 is 4.74 Å². The number of thiophene rings is 1. The number of nitrogens with zero attached hydrogens (tertiary/aromatic N) is 1. The first-order valence-corrected chi connectivity index (χ1v) is 11.2. The van der Waals surface area contributed by atoms with E-state index in [9.17, 15) is 0 Å². The van der Waals surface area contributed by atoms with E-state index in [4.69, 9.17) is 4.74 Å². The molecule has 0 N–H and O–H groups in total. The van der Waals surface area contributed by atoms with E-state index in [1.807, 2.05) is 12.3 Å². The molecule has 2 heterocycles. The van der Waals surface area contributed by atoms with Gasteiger partial charge >= 0.3 is 0 Å². The maximum atomic E-state index is 5.81. The number of pyridine rings is 1. The van der Waals surface area contributed by atoms with Gasteiger partial charge in [0.15, 0.2) is 0 Å². The van der Waals surface area contributed by atoms with Crippen molar-refractivity contribution in [1.82, 2.24) is 4.98 Å². The van der Waals surface area contributed by atoms with Crippen molar-refractivity contribution in [3.8, 4) is 17.0 Å². The Morgan fingerprint density at radius 3 is 2.58 bits per heavy atom. The molecule has 2 aromatic rings. The van der Waals surface area contributed by atoms with E-state index in [0.29, 0.717) is 11.8 Å². The highest BCUT2D eigenvalue weighted by Crippen LogP contribution is 2.36. The molecule has 0 radical (unpaired) electrons. The third kappa shape index (κ3) is 6.64. The van der Waals surface area contributed by atoms with E-state index in [0.717, 1.165) is 28.3 Å². The highest BCUT2D eigenvalue weighted by atomic mass is 127. The highest BCUT2D eigenvalue weighted by molar-refractivity contribution is 14.1. The second kappa shape index (κ2) is 10.1. The molecule has 5 heteroatoms. The van der Waals surface area contributed by atoms with Crippen LogP contribution in [-0.4, -0.2) is 11.6 Å². The lowest BCUT2D eigenvalue weighted by Crippen LogP contribution is -2.05. The first kappa shape index (κ1) is 20.2. The number of aromatic nitrogens is 1. The van der Waals surface area contributed by atoms with Crippen LogP contribution in [0.2, 0.25) is 0 Å². The molecule has 0 aliphatic rings. The molecule has 0 saturated heterocycles. The summed E-state index contributed by atoms with van der Waals surface area (Å²) in [5, 5.41) is 0. The van der Waals surface area contributed by atoms with Gasteiger partial charge in [0, 0.05) is 23.4 Å². The average molecular weight is 522 g/mol. The second-order valence-corrected chi connectivity index (χ2v) is 11.0. The molecular weight excluding hydrogens is 497 g/mol. The number of hydrogen-bond acceptors (Lipinski definition) is 3. The Balaban J connectivity index is 1.77. The Hall–Kier alpha value is -0.140. The summed E-state index contributed by atoms with van der Waals surface area (Å²) in [7, 11) is 0. The zero-order chi connectivity index (χ0) is 17.5. The van der Waals surface area contributed by atoms with Gasteiger partial charge in [-0.25, -0.2) is 4.98 Å². The topological polar surface area (TPSA) is 22.1 Å². The van der Waals surface area contributed by atoms with Crippen LogP contribution >= 0.6 is 49.9 Å². The third-order valence-electron chi connectivity index (χ3n) is 4.04. The minimum Gasteiger partial charge on any atom is -0.478 e. The van der Waals surface area contributed by atoms with Gasteiger partial charge in [0.2, 0.25) is 5.88 Å². The molecule has 0 aromatic carbocycles. The van der Waals surface area contributed by atoms with E-state index < -0.39 is 0 Å². The smallest absolute Gasteiger partial charge is 0.213 e. The van der Waals surface area contributed by atoms with Gasteiger partial charge in [-0.2, -0.15) is 0 Å². The van der Waals surface area contributed by atoms with Crippen molar-refractivity contribution in [2.24, 2.45) is 11.8 Å². The maximum absolute atomic E-state index is 5.81. The molecule has 132 valence electrons. The molecule has 0 bridgehead atoms. The predicted molar refractivity (Wildman–Crippen MR) is 116 cm³/mol. The van der Waals surface area contributed by atoms with E-state index in [1.165, 1.54) is 27.7 Å². The molecule has 0 aliphatic carbocycles. The average Bonchev–Trinajstić information content (AvgIpc) is 2.86. The van der Waals surface area contributed by atoms with Crippen LogP contribution in [0.25, 0.3) is 11.1 Å². The van der Waals surface area contributed by atoms with Crippen molar-refractivity contribution in [2.45, 2.75) is 46.5 Å². The Morgan fingerprint density at radius 1 is 1.21 bits per heavy atom. The molecule has 0 saturated carbocycles. The summed E-state index contributed by atoms with van der Waals surface area (Å²) in [4.78, 5) is 4.45. The predicted octanol–water partition coefficient (Wildman–Crippen LogP) is 7.41. The summed E-state index contributed by atoms with van der Waals surface area (Å²) in [6.45, 7) is 7.64. The maximum Gasteiger partial charge on any atom is 0.213 e. The van der Waals surface area contributed by atoms with Crippen LogP contribution in [0.4, 0.5) is 0 Å². The molecule has 2 nitrogen and oxygen atoms in total. The second-order valence-electron chi connectivity index (χ2n) is 6.69. The Kier molecular flexibility index (Phi) is 8.50. The fourth-order valence-corrected chi connectivity index (χ4v) is 5.93. The Bertz CT molecular complexity index is 627. The van der Waals surface area contributed by atoms with Gasteiger partial charge in [-0.1, -0.05) is 40.0 Å². The van der Waals surface area contributed by atoms with Crippen LogP contribution in [0.5, 0.6) is 5.88 Å². The standard InChI is InChI=1S/C19H25BrINOS/c1-13(2)5-4-6-14(3)9-10-23-18-8-7-15(12-22-18)16-11-17(21)24-19(16)20/h7-8,11-14H,4-6,9-10H2,1-3H3. The molecule has 2 rings (SSSR count). The number of halogens is 2. The Morgan fingerprint density at radius 2 is 2.00 bits per heavy atom. The normalized spacial score (nSPS) is 12.6. The van der Waals surface area contributed by atoms with E-state index in [-0.39, 0.29) is 0 Å². The van der Waals surface area contributed by atoms with Crippen molar-refractivity contribution in [3.63, 3.8) is 0 Å². The van der Waals surface area contributed by atoms with Crippen molar-refractivity contribution >= 4 is 49.9 Å². The van der Waals surface area contributed by atoms with Crippen molar-refractivity contribution in [1.29, 1.82) is 0 Å². The van der Waals surface area contributed by atoms with Gasteiger partial charge in [-0.15, -0.1) is 11.3 Å². The molecule has 24 heavy (non-hydrogen) atoms. The SMILES string of the molecule is CC(C)CCCC(C)CCOc1ccc(-c2cc(I)sc2Br)cn1. The number of hydrogen-bond donors (Lipinski definition) is 0. The van der Waals surface area contributed by atoms with Crippen LogP contribution in [0, 0.1) is 14.7 Å². The lowest BCUT2D eigenvalue weighted by Gasteiger charge is -2.13. The first-order valence-electron chi connectivity index (χ1n) is 8.49. The van der Waals surface area contributed by atoms with Crippen molar-refractivity contribution in [3.05, 3.63) is 31.1 Å². The van der Waals surface area contributed by atoms with Crippen molar-refractivity contribution in [2.75, 3.05) is 6.61 Å². The molecule has 0 fully saturated rings. The summed E-state index contributed by atoms with van der Waals surface area (Å²) in [5.41, 5.74) is 2.32. The fraction of sp³-hybridized carbons (Fsp3) is 0.526. The van der Waals surface area contributed by atoms with Crippen LogP contribution in [0.15, 0.2) is 28.2 Å². The Labute approximate surface area is 171 Å². The lowest BCUT2D eigenvalue weighted by atomic mass is 9.98. The lowest BCUT2D eigenvalue weighted by molar-refractivity contribution is 0.267. The molecule has 1 unspecified atom stereocenters. The summed E-state index contributed by atoms with van der Waals surface area (Å²) in [5.74, 6) is 2.24. The minimum absolute atomic E-state index is 0.715. The van der Waals surface area contributed by atoms with Crippen LogP contribution < -0.4 is 4.74 Å². The molecular formula is C19H25BrINOS. The molecule has 2 aromatic heterocycles. The number of rotatable bonds is 9. The summed E-state index contributed by atoms with van der Waals surface area (Å²) in [6, 6.07) is 6.22. The van der Waals surface area contributed by atoms with Gasteiger partial charge < -0.3 is 4.74 Å². The van der Waals surface area contributed by atoms with Crippen LogP contribution in [-0.2, 0) is 0 Å². The van der Waals surface area contributed by atoms with E-state index >= 15 is 0 Å². The largest absolute Gasteiger partial charge is 0.478 e. The monoisotopic (exact) mass is 521 g/mol. The van der Waals surface area contributed by atoms with Crippen LogP contribution in [0.3, 0.4) is 0 Å². The van der Waals surface area contributed by atoms with Gasteiger partial charge in [0.1, 0.15) is 0 Å². The summed E-state index contributed by atoms with van der Waals surface area (Å²) >= 11 is 7.69. The summed E-state index contributed by atoms with van der Waals surface area (Å²) < 4.78 is 8.22. The van der Waals surface area contributed by atoms with Crippen LogP contribution in [0.1, 0.15) is 46.5 Å². The zero-order valence-electron chi connectivity index (χ0n) is 14.5. The van der Waals surface area contributed by atoms with Gasteiger partial charge in [-0.05, 0) is 68.9 Å². The quantitative estimate of drug-likeness (QED) is 0.320. The first-order chi connectivity index (χ1) is 11.5. The van der Waals surface area contributed by atoms with E-state index in [2.05, 4.69) is 76.4 Å². The van der Waals surface area contributed by atoms with Gasteiger partial charge in [-0.3, -0.25) is 0 Å². The molecule has 0 aliphatic heterocycles. The molecule has 0 spiro atoms. The fourth-order valence-electron chi connectivity index (χ4n) is 2.55. The number of ether oxygens (including phenoxy) is 1. The minimum atomic E-state index is 0.715. The van der Waals surface area contributed by atoms with Gasteiger partial charge in [0.25, 0.3) is 0 Å². The summed E-state index contributed by atoms with van der Waals surface area (Å²) in [6.07, 6.45) is 6.92. The van der Waals surface area contributed by atoms with Gasteiger partial charge in [0.05, 0.1) is 13.3 Å². The molecule has 1 atom stereocenters.